The molecule has 0 bridgehead atoms. The van der Waals surface area contributed by atoms with Crippen LogP contribution in [0.3, 0.4) is 0 Å². The van der Waals surface area contributed by atoms with E-state index in [9.17, 15) is 4.79 Å². The molecule has 1 aromatic heterocycles. The fraction of sp³-hybridized carbons (Fsp3) is 0.444. The maximum absolute atomic E-state index is 12.1. The Morgan fingerprint density at radius 3 is 2.88 bits per heavy atom. The molecule has 2 amide bonds. The predicted molar refractivity (Wildman–Crippen MR) is 96.5 cm³/mol. The summed E-state index contributed by atoms with van der Waals surface area (Å²) in [5, 5.41) is 5.88. The van der Waals surface area contributed by atoms with Gasteiger partial charge < -0.3 is 20.1 Å². The van der Waals surface area contributed by atoms with Crippen LogP contribution in [0.15, 0.2) is 36.9 Å². The number of rotatable bonds is 6. The Hall–Kier alpha value is -2.50. The highest BCUT2D eigenvalue weighted by molar-refractivity contribution is 5.91. The van der Waals surface area contributed by atoms with E-state index in [4.69, 9.17) is 0 Å². The number of nitrogens with zero attached hydrogens (tertiary/aromatic N) is 3. The van der Waals surface area contributed by atoms with Gasteiger partial charge in [-0.3, -0.25) is 0 Å². The largest absolute Gasteiger partial charge is 0.371 e. The highest BCUT2D eigenvalue weighted by Crippen LogP contribution is 2.29. The third-order valence-corrected chi connectivity index (χ3v) is 4.44. The maximum atomic E-state index is 12.1. The van der Waals surface area contributed by atoms with Crippen LogP contribution in [0.2, 0.25) is 0 Å². The lowest BCUT2D eigenvalue weighted by molar-refractivity contribution is 0.252. The van der Waals surface area contributed by atoms with E-state index in [1.165, 1.54) is 18.5 Å². The van der Waals surface area contributed by atoms with Gasteiger partial charge in [-0.25, -0.2) is 9.78 Å². The van der Waals surface area contributed by atoms with Crippen molar-refractivity contribution in [3.05, 3.63) is 42.5 Å². The Bertz CT molecular complexity index is 662. The van der Waals surface area contributed by atoms with Gasteiger partial charge in [0.05, 0.1) is 6.33 Å². The number of aromatic nitrogens is 2. The fourth-order valence-corrected chi connectivity index (χ4v) is 3.11. The number of urea groups is 1. The highest BCUT2D eigenvalue weighted by Gasteiger charge is 2.16. The lowest BCUT2D eigenvalue weighted by Gasteiger charge is -2.22. The van der Waals surface area contributed by atoms with Gasteiger partial charge in [-0.15, -0.1) is 0 Å². The highest BCUT2D eigenvalue weighted by atomic mass is 16.2. The van der Waals surface area contributed by atoms with Crippen molar-refractivity contribution < 1.29 is 4.79 Å². The molecule has 0 saturated carbocycles. The van der Waals surface area contributed by atoms with Crippen molar-refractivity contribution in [3.8, 4) is 0 Å². The van der Waals surface area contributed by atoms with Gasteiger partial charge in [0.15, 0.2) is 0 Å². The Kier molecular flexibility index (Phi) is 5.36. The molecule has 2 N–H and O–H groups in total. The minimum atomic E-state index is -0.151. The molecule has 2 aromatic rings. The van der Waals surface area contributed by atoms with Crippen LogP contribution in [0.1, 0.15) is 24.8 Å². The Balaban J connectivity index is 1.49. The molecular weight excluding hydrogens is 302 g/mol. The predicted octanol–water partition coefficient (Wildman–Crippen LogP) is 3.00. The average molecular weight is 327 g/mol. The van der Waals surface area contributed by atoms with E-state index >= 15 is 0 Å². The number of hydrogen-bond acceptors (Lipinski definition) is 3. The molecule has 3 rings (SSSR count). The molecule has 1 aliphatic rings. The van der Waals surface area contributed by atoms with Crippen LogP contribution in [-0.4, -0.2) is 35.2 Å². The van der Waals surface area contributed by atoms with E-state index in [1.807, 2.05) is 22.9 Å². The molecule has 2 heterocycles. The molecule has 0 spiro atoms. The molecular formula is C18H25N5O. The second-order valence-corrected chi connectivity index (χ2v) is 6.18. The number of amides is 2. The molecule has 24 heavy (non-hydrogen) atoms. The summed E-state index contributed by atoms with van der Waals surface area (Å²) in [4.78, 5) is 18.5. The molecule has 1 saturated heterocycles. The third-order valence-electron chi connectivity index (χ3n) is 4.44. The smallest absolute Gasteiger partial charge is 0.319 e. The van der Waals surface area contributed by atoms with Gasteiger partial charge in [-0.2, -0.15) is 0 Å². The van der Waals surface area contributed by atoms with Crippen molar-refractivity contribution in [1.82, 2.24) is 14.9 Å². The first kappa shape index (κ1) is 16.4. The number of carbonyl (C=O) groups is 1. The molecule has 0 radical (unpaired) electrons. The van der Waals surface area contributed by atoms with Crippen LogP contribution in [-0.2, 0) is 6.54 Å². The number of aryl methyl sites for hydroxylation is 1. The van der Waals surface area contributed by atoms with E-state index in [-0.39, 0.29) is 6.03 Å². The summed E-state index contributed by atoms with van der Waals surface area (Å²) in [6, 6.07) is 5.95. The summed E-state index contributed by atoms with van der Waals surface area (Å²) in [7, 11) is 0. The first-order chi connectivity index (χ1) is 11.7. The first-order valence-corrected chi connectivity index (χ1v) is 8.59. The van der Waals surface area contributed by atoms with Gasteiger partial charge >= 0.3 is 6.03 Å². The number of benzene rings is 1. The Morgan fingerprint density at radius 2 is 2.12 bits per heavy atom. The number of imidazole rings is 1. The molecule has 0 aliphatic carbocycles. The zero-order valence-corrected chi connectivity index (χ0v) is 14.2. The van der Waals surface area contributed by atoms with Crippen LogP contribution in [0.4, 0.5) is 16.2 Å². The lowest BCUT2D eigenvalue weighted by atomic mass is 10.1. The molecule has 6 nitrogen and oxygen atoms in total. The van der Waals surface area contributed by atoms with E-state index in [1.54, 1.807) is 12.5 Å². The average Bonchev–Trinajstić information content (AvgIpc) is 3.27. The summed E-state index contributed by atoms with van der Waals surface area (Å²) < 4.78 is 2.00. The molecule has 0 unspecified atom stereocenters. The second-order valence-electron chi connectivity index (χ2n) is 6.18. The van der Waals surface area contributed by atoms with Crippen LogP contribution in [0.5, 0.6) is 0 Å². The summed E-state index contributed by atoms with van der Waals surface area (Å²) >= 11 is 0. The second kappa shape index (κ2) is 7.86. The van der Waals surface area contributed by atoms with Gasteiger partial charge in [-0.1, -0.05) is 6.07 Å². The zero-order chi connectivity index (χ0) is 16.8. The van der Waals surface area contributed by atoms with Crippen molar-refractivity contribution in [2.24, 2.45) is 0 Å². The number of nitrogens with one attached hydrogen (secondary N) is 2. The van der Waals surface area contributed by atoms with Crippen LogP contribution < -0.4 is 15.5 Å². The van der Waals surface area contributed by atoms with Crippen LogP contribution in [0, 0.1) is 6.92 Å². The molecule has 1 aromatic carbocycles. The summed E-state index contributed by atoms with van der Waals surface area (Å²) in [6.45, 7) is 5.76. The van der Waals surface area contributed by atoms with Crippen molar-refractivity contribution in [3.63, 3.8) is 0 Å². The quantitative estimate of drug-likeness (QED) is 0.802. The molecule has 1 fully saturated rings. The monoisotopic (exact) mass is 327 g/mol. The standard InChI is InChI=1S/C18H25N5O/c1-15-16(6-4-7-17(15)23-11-2-3-12-23)21-18(24)20-8-5-10-22-13-9-19-14-22/h4,6-7,9,13-14H,2-3,5,8,10-12H2,1H3,(H2,20,21,24). The Morgan fingerprint density at radius 1 is 1.29 bits per heavy atom. The Labute approximate surface area is 142 Å². The zero-order valence-electron chi connectivity index (χ0n) is 14.2. The van der Waals surface area contributed by atoms with Gasteiger partial charge in [0, 0.05) is 49.9 Å². The first-order valence-electron chi connectivity index (χ1n) is 8.59. The van der Waals surface area contributed by atoms with Crippen molar-refractivity contribution >= 4 is 17.4 Å². The lowest BCUT2D eigenvalue weighted by Crippen LogP contribution is -2.30. The van der Waals surface area contributed by atoms with Crippen molar-refractivity contribution in [2.75, 3.05) is 29.9 Å². The van der Waals surface area contributed by atoms with Gasteiger partial charge in [-0.05, 0) is 43.9 Å². The van der Waals surface area contributed by atoms with Gasteiger partial charge in [0.2, 0.25) is 0 Å². The van der Waals surface area contributed by atoms with E-state index < -0.39 is 0 Å². The molecule has 0 atom stereocenters. The fourth-order valence-electron chi connectivity index (χ4n) is 3.11. The maximum Gasteiger partial charge on any atom is 0.319 e. The number of carbonyl (C=O) groups excluding carboxylic acids is 1. The molecule has 128 valence electrons. The molecule has 1 aliphatic heterocycles. The van der Waals surface area contributed by atoms with Gasteiger partial charge in [0.25, 0.3) is 0 Å². The minimum absolute atomic E-state index is 0.151. The third kappa shape index (κ3) is 4.07. The summed E-state index contributed by atoms with van der Waals surface area (Å²) in [5.74, 6) is 0. The minimum Gasteiger partial charge on any atom is -0.371 e. The summed E-state index contributed by atoms with van der Waals surface area (Å²) in [6.07, 6.45) is 8.83. The van der Waals surface area contributed by atoms with Crippen LogP contribution in [0.25, 0.3) is 0 Å². The number of anilines is 2. The van der Waals surface area contributed by atoms with Crippen molar-refractivity contribution in [1.29, 1.82) is 0 Å². The van der Waals surface area contributed by atoms with Gasteiger partial charge in [0.1, 0.15) is 0 Å². The van der Waals surface area contributed by atoms with E-state index in [0.29, 0.717) is 6.54 Å². The topological polar surface area (TPSA) is 62.2 Å². The summed E-state index contributed by atoms with van der Waals surface area (Å²) in [5.41, 5.74) is 3.24. The normalized spacial score (nSPS) is 14.0. The van der Waals surface area contributed by atoms with E-state index in [2.05, 4.69) is 33.5 Å². The molecule has 6 heteroatoms. The number of hydrogen-bond donors (Lipinski definition) is 2. The SMILES string of the molecule is Cc1c(NC(=O)NCCCn2ccnc2)cccc1N1CCCC1. The van der Waals surface area contributed by atoms with Crippen LogP contribution >= 0.6 is 0 Å². The van der Waals surface area contributed by atoms with E-state index in [0.717, 1.165) is 37.3 Å². The van der Waals surface area contributed by atoms with Crippen molar-refractivity contribution in [2.45, 2.75) is 32.7 Å².